The summed E-state index contributed by atoms with van der Waals surface area (Å²) in [5.41, 5.74) is 0. The molecule has 0 amide bonds. The van der Waals surface area contributed by atoms with Crippen LogP contribution in [0.1, 0.15) is 0 Å². The van der Waals surface area contributed by atoms with E-state index in [1.807, 2.05) is 0 Å². The largest absolute Gasteiger partial charge is 0.507 e. The third-order valence-electron chi connectivity index (χ3n) is 1.23. The molecule has 1 aromatic rings. The first kappa shape index (κ1) is 8.87. The summed E-state index contributed by atoms with van der Waals surface area (Å²) in [5, 5.41) is 9.13. The molecule has 4 heteroatoms. The molecule has 0 fully saturated rings. The number of hydrogen-bond acceptors (Lipinski definition) is 2. The standard InChI is InChI=1S/C7H6BrFOS/c1-11-7-5(10)3-2-4(8)6(7)9/h2-3,10H,1H3. The van der Waals surface area contributed by atoms with Gasteiger partial charge in [0.2, 0.25) is 0 Å². The number of phenols is 1. The summed E-state index contributed by atoms with van der Waals surface area (Å²) >= 11 is 4.20. The first-order valence-electron chi connectivity index (χ1n) is 2.87. The van der Waals surface area contributed by atoms with Crippen LogP contribution >= 0.6 is 27.7 Å². The maximum Gasteiger partial charge on any atom is 0.154 e. The van der Waals surface area contributed by atoms with Crippen molar-refractivity contribution in [3.63, 3.8) is 0 Å². The summed E-state index contributed by atoms with van der Waals surface area (Å²) in [4.78, 5) is 0.277. The second-order valence-electron chi connectivity index (χ2n) is 1.91. The highest BCUT2D eigenvalue weighted by molar-refractivity contribution is 9.10. The first-order valence-corrected chi connectivity index (χ1v) is 4.89. The van der Waals surface area contributed by atoms with Gasteiger partial charge in [0.15, 0.2) is 5.82 Å². The van der Waals surface area contributed by atoms with Crippen molar-refractivity contribution in [2.75, 3.05) is 6.26 Å². The fraction of sp³-hybridized carbons (Fsp3) is 0.143. The lowest BCUT2D eigenvalue weighted by molar-refractivity contribution is 0.449. The molecule has 0 saturated heterocycles. The molecule has 0 saturated carbocycles. The average Bonchev–Trinajstić information content (AvgIpc) is 1.99. The zero-order valence-electron chi connectivity index (χ0n) is 5.77. The van der Waals surface area contributed by atoms with Crippen LogP contribution in [0.2, 0.25) is 0 Å². The maximum absolute atomic E-state index is 13.0. The SMILES string of the molecule is CSc1c(O)ccc(Br)c1F. The number of halogens is 2. The van der Waals surface area contributed by atoms with Crippen LogP contribution in [0.4, 0.5) is 4.39 Å². The molecule has 0 unspecified atom stereocenters. The molecule has 60 valence electrons. The molecule has 0 heterocycles. The van der Waals surface area contributed by atoms with Crippen molar-refractivity contribution < 1.29 is 9.50 Å². The molecule has 1 aromatic carbocycles. The Kier molecular flexibility index (Phi) is 2.78. The third-order valence-corrected chi connectivity index (χ3v) is 2.64. The Bertz CT molecular complexity index is 277. The number of phenolic OH excluding ortho intramolecular Hbond substituents is 1. The lowest BCUT2D eigenvalue weighted by atomic mass is 10.3. The average molecular weight is 237 g/mol. The first-order chi connectivity index (χ1) is 5.16. The molecule has 0 aliphatic heterocycles. The minimum atomic E-state index is -0.405. The smallest absolute Gasteiger partial charge is 0.154 e. The predicted molar refractivity (Wildman–Crippen MR) is 47.5 cm³/mol. The van der Waals surface area contributed by atoms with Crippen LogP contribution < -0.4 is 0 Å². The molecule has 1 nitrogen and oxygen atoms in total. The Labute approximate surface area is 76.7 Å². The monoisotopic (exact) mass is 236 g/mol. The van der Waals surface area contributed by atoms with Gasteiger partial charge < -0.3 is 5.11 Å². The Balaban J connectivity index is 3.29. The highest BCUT2D eigenvalue weighted by Crippen LogP contribution is 2.33. The quantitative estimate of drug-likeness (QED) is 0.757. The fourth-order valence-electron chi connectivity index (χ4n) is 0.716. The molecule has 0 spiro atoms. The Morgan fingerprint density at radius 1 is 1.55 bits per heavy atom. The minimum Gasteiger partial charge on any atom is -0.507 e. The highest BCUT2D eigenvalue weighted by atomic mass is 79.9. The molecule has 0 atom stereocenters. The second-order valence-corrected chi connectivity index (χ2v) is 3.58. The Hall–Kier alpha value is -0.220. The number of hydrogen-bond donors (Lipinski definition) is 1. The molecular weight excluding hydrogens is 231 g/mol. The van der Waals surface area contributed by atoms with Crippen LogP contribution in [-0.4, -0.2) is 11.4 Å². The van der Waals surface area contributed by atoms with Crippen molar-refractivity contribution in [2.24, 2.45) is 0 Å². The number of rotatable bonds is 1. The van der Waals surface area contributed by atoms with Gasteiger partial charge in [-0.25, -0.2) is 4.39 Å². The molecular formula is C7H6BrFOS. The van der Waals surface area contributed by atoms with Crippen molar-refractivity contribution in [1.29, 1.82) is 0 Å². The molecule has 11 heavy (non-hydrogen) atoms. The predicted octanol–water partition coefficient (Wildman–Crippen LogP) is 3.02. The van der Waals surface area contributed by atoms with Crippen LogP contribution in [0.25, 0.3) is 0 Å². The summed E-state index contributed by atoms with van der Waals surface area (Å²) in [5.74, 6) is -0.421. The van der Waals surface area contributed by atoms with Gasteiger partial charge in [0, 0.05) is 0 Å². The van der Waals surface area contributed by atoms with Gasteiger partial charge in [-0.3, -0.25) is 0 Å². The molecule has 0 radical (unpaired) electrons. The molecule has 1 N–H and O–H groups in total. The van der Waals surface area contributed by atoms with E-state index in [2.05, 4.69) is 15.9 Å². The van der Waals surface area contributed by atoms with E-state index >= 15 is 0 Å². The molecule has 0 aliphatic carbocycles. The summed E-state index contributed by atoms with van der Waals surface area (Å²) in [6, 6.07) is 2.93. The summed E-state index contributed by atoms with van der Waals surface area (Å²) in [6.07, 6.45) is 1.71. The van der Waals surface area contributed by atoms with Crippen LogP contribution in [0.3, 0.4) is 0 Å². The fourth-order valence-corrected chi connectivity index (χ4v) is 1.74. The number of thioether (sulfide) groups is 1. The van der Waals surface area contributed by atoms with Gasteiger partial charge in [0.1, 0.15) is 5.75 Å². The Morgan fingerprint density at radius 2 is 2.18 bits per heavy atom. The summed E-state index contributed by atoms with van der Waals surface area (Å²) in [7, 11) is 0. The van der Waals surface area contributed by atoms with E-state index in [9.17, 15) is 4.39 Å². The minimum absolute atomic E-state index is 0.0156. The van der Waals surface area contributed by atoms with Crippen LogP contribution in [-0.2, 0) is 0 Å². The number of aromatic hydroxyl groups is 1. The third kappa shape index (κ3) is 1.68. The van der Waals surface area contributed by atoms with Gasteiger partial charge >= 0.3 is 0 Å². The van der Waals surface area contributed by atoms with Crippen molar-refractivity contribution in [3.05, 3.63) is 22.4 Å². The topological polar surface area (TPSA) is 20.2 Å². The lowest BCUT2D eigenvalue weighted by Gasteiger charge is -2.02. The van der Waals surface area contributed by atoms with Crippen molar-refractivity contribution in [2.45, 2.75) is 4.90 Å². The van der Waals surface area contributed by atoms with Gasteiger partial charge in [-0.05, 0) is 34.3 Å². The van der Waals surface area contributed by atoms with E-state index < -0.39 is 5.82 Å². The number of benzene rings is 1. The molecule has 1 rings (SSSR count). The van der Waals surface area contributed by atoms with Gasteiger partial charge in [-0.1, -0.05) is 0 Å². The van der Waals surface area contributed by atoms with E-state index in [0.29, 0.717) is 4.47 Å². The van der Waals surface area contributed by atoms with Gasteiger partial charge in [-0.15, -0.1) is 11.8 Å². The van der Waals surface area contributed by atoms with Crippen molar-refractivity contribution >= 4 is 27.7 Å². The van der Waals surface area contributed by atoms with Gasteiger partial charge in [0.25, 0.3) is 0 Å². The van der Waals surface area contributed by atoms with Crippen molar-refractivity contribution in [3.8, 4) is 5.75 Å². The zero-order chi connectivity index (χ0) is 8.43. The van der Waals surface area contributed by atoms with Gasteiger partial charge in [-0.2, -0.15) is 0 Å². The zero-order valence-corrected chi connectivity index (χ0v) is 8.17. The maximum atomic E-state index is 13.0. The van der Waals surface area contributed by atoms with E-state index in [1.165, 1.54) is 23.9 Å². The summed E-state index contributed by atoms with van der Waals surface area (Å²) in [6.45, 7) is 0. The molecule has 0 aromatic heterocycles. The molecule has 0 bridgehead atoms. The van der Waals surface area contributed by atoms with Crippen LogP contribution in [0.15, 0.2) is 21.5 Å². The van der Waals surface area contributed by atoms with Crippen LogP contribution in [0.5, 0.6) is 5.75 Å². The Morgan fingerprint density at radius 3 is 2.64 bits per heavy atom. The van der Waals surface area contributed by atoms with E-state index in [4.69, 9.17) is 5.11 Å². The molecule has 0 aliphatic rings. The lowest BCUT2D eigenvalue weighted by Crippen LogP contribution is -1.82. The van der Waals surface area contributed by atoms with Crippen LogP contribution in [0, 0.1) is 5.82 Å². The highest BCUT2D eigenvalue weighted by Gasteiger charge is 2.09. The van der Waals surface area contributed by atoms with Gasteiger partial charge in [0.05, 0.1) is 9.37 Å². The van der Waals surface area contributed by atoms with E-state index in [-0.39, 0.29) is 10.6 Å². The van der Waals surface area contributed by atoms with E-state index in [1.54, 1.807) is 6.26 Å². The summed E-state index contributed by atoms with van der Waals surface area (Å²) < 4.78 is 13.4. The second kappa shape index (κ2) is 3.45. The normalized spacial score (nSPS) is 10.1. The van der Waals surface area contributed by atoms with E-state index in [0.717, 1.165) is 0 Å². The van der Waals surface area contributed by atoms with Crippen molar-refractivity contribution in [1.82, 2.24) is 0 Å².